The van der Waals surface area contributed by atoms with E-state index in [0.717, 1.165) is 42.4 Å². The zero-order chi connectivity index (χ0) is 21.4. The number of methoxy groups -OCH3 is 1. The minimum atomic E-state index is -0.224. The van der Waals surface area contributed by atoms with Gasteiger partial charge >= 0.3 is 0 Å². The summed E-state index contributed by atoms with van der Waals surface area (Å²) in [5.41, 5.74) is 3.04. The number of benzene rings is 2. The number of carbonyl (C=O) groups excluding carboxylic acids is 2. The van der Waals surface area contributed by atoms with Crippen molar-refractivity contribution < 1.29 is 14.3 Å². The van der Waals surface area contributed by atoms with Gasteiger partial charge in [-0.2, -0.15) is 0 Å². The monoisotopic (exact) mass is 415 g/mol. The molecule has 3 aromatic rings. The molecule has 31 heavy (non-hydrogen) atoms. The lowest BCUT2D eigenvalue weighted by atomic mass is 9.94. The van der Waals surface area contributed by atoms with Crippen LogP contribution >= 0.6 is 0 Å². The Hall–Kier alpha value is -3.41. The maximum atomic E-state index is 13.4. The summed E-state index contributed by atoms with van der Waals surface area (Å²) in [6.45, 7) is 0.446. The van der Waals surface area contributed by atoms with Crippen LogP contribution < -0.4 is 10.1 Å². The van der Waals surface area contributed by atoms with E-state index in [9.17, 15) is 9.59 Å². The van der Waals surface area contributed by atoms with E-state index in [1.165, 1.54) is 6.42 Å². The number of anilines is 1. The number of carbonyl (C=O) groups is 2. The smallest absolute Gasteiger partial charge is 0.273 e. The highest BCUT2D eigenvalue weighted by Gasteiger charge is 2.38. The predicted molar refractivity (Wildman–Crippen MR) is 119 cm³/mol. The van der Waals surface area contributed by atoms with Crippen LogP contribution in [0.5, 0.6) is 5.75 Å². The second-order valence-corrected chi connectivity index (χ2v) is 8.24. The Morgan fingerprint density at radius 1 is 1.06 bits per heavy atom. The molecule has 0 atom stereocenters. The molecule has 0 unspecified atom stereocenters. The highest BCUT2D eigenvalue weighted by Crippen LogP contribution is 2.35. The lowest BCUT2D eigenvalue weighted by Gasteiger charge is -2.30. The Labute approximate surface area is 181 Å². The van der Waals surface area contributed by atoms with Gasteiger partial charge in [0.2, 0.25) is 0 Å². The van der Waals surface area contributed by atoms with Crippen LogP contribution in [0.3, 0.4) is 0 Å². The minimum absolute atomic E-state index is 0.0499. The van der Waals surface area contributed by atoms with E-state index in [4.69, 9.17) is 4.74 Å². The van der Waals surface area contributed by atoms with Crippen molar-refractivity contribution in [3.63, 3.8) is 0 Å². The van der Waals surface area contributed by atoms with Gasteiger partial charge in [0.05, 0.1) is 18.2 Å². The van der Waals surface area contributed by atoms with Gasteiger partial charge in [-0.3, -0.25) is 9.59 Å². The second kappa shape index (κ2) is 8.02. The number of nitrogens with one attached hydrogen (secondary N) is 1. The summed E-state index contributed by atoms with van der Waals surface area (Å²) in [6.07, 6.45) is 5.55. The molecule has 6 heteroatoms. The van der Waals surface area contributed by atoms with Crippen LogP contribution in [0, 0.1) is 0 Å². The minimum Gasteiger partial charge on any atom is -0.497 e. The molecule has 1 aromatic heterocycles. The van der Waals surface area contributed by atoms with Crippen LogP contribution in [-0.2, 0) is 6.54 Å². The maximum absolute atomic E-state index is 13.4. The van der Waals surface area contributed by atoms with E-state index in [1.54, 1.807) is 31.4 Å². The first-order chi connectivity index (χ1) is 15.2. The molecule has 1 fully saturated rings. The Kier molecular flexibility index (Phi) is 5.06. The van der Waals surface area contributed by atoms with Crippen molar-refractivity contribution in [1.29, 1.82) is 0 Å². The summed E-state index contributed by atoms with van der Waals surface area (Å²) in [6, 6.07) is 15.0. The topological polar surface area (TPSA) is 71.5 Å². The molecule has 2 amide bonds. The SMILES string of the molecule is COc1ccc(NC(=O)c2c3c(nc4ccccc24)C(=O)N(C2CCCCC2)C3)cc1. The maximum Gasteiger partial charge on any atom is 0.273 e. The van der Waals surface area contributed by atoms with E-state index < -0.39 is 0 Å². The van der Waals surface area contributed by atoms with Crippen molar-refractivity contribution >= 4 is 28.4 Å². The number of nitrogens with zero attached hydrogens (tertiary/aromatic N) is 2. The molecule has 158 valence electrons. The molecule has 1 saturated carbocycles. The van der Waals surface area contributed by atoms with Crippen molar-refractivity contribution in [3.05, 3.63) is 65.4 Å². The van der Waals surface area contributed by atoms with Crippen molar-refractivity contribution in [1.82, 2.24) is 9.88 Å². The molecule has 0 radical (unpaired) electrons. The lowest BCUT2D eigenvalue weighted by Crippen LogP contribution is -2.37. The van der Waals surface area contributed by atoms with Crippen LogP contribution in [0.2, 0.25) is 0 Å². The lowest BCUT2D eigenvalue weighted by molar-refractivity contribution is 0.0655. The van der Waals surface area contributed by atoms with Crippen molar-refractivity contribution in [3.8, 4) is 5.75 Å². The molecule has 6 nitrogen and oxygen atoms in total. The summed E-state index contributed by atoms with van der Waals surface area (Å²) in [5.74, 6) is 0.450. The van der Waals surface area contributed by atoms with Gasteiger partial charge in [-0.05, 0) is 43.2 Å². The van der Waals surface area contributed by atoms with Gasteiger partial charge in [0.25, 0.3) is 11.8 Å². The van der Waals surface area contributed by atoms with Gasteiger partial charge in [0.15, 0.2) is 0 Å². The first-order valence-electron chi connectivity index (χ1n) is 10.8. The molecule has 0 bridgehead atoms. The Morgan fingerprint density at radius 2 is 1.81 bits per heavy atom. The van der Waals surface area contributed by atoms with Gasteiger partial charge in [-0.25, -0.2) is 4.98 Å². The Morgan fingerprint density at radius 3 is 2.55 bits per heavy atom. The molecular formula is C25H25N3O3. The van der Waals surface area contributed by atoms with Crippen LogP contribution in [0.1, 0.15) is 58.5 Å². The number of para-hydroxylation sites is 1. The van der Waals surface area contributed by atoms with E-state index >= 15 is 0 Å². The normalized spacial score (nSPS) is 16.4. The fourth-order valence-corrected chi connectivity index (χ4v) is 4.78. The molecular weight excluding hydrogens is 390 g/mol. The van der Waals surface area contributed by atoms with Crippen LogP contribution in [0.15, 0.2) is 48.5 Å². The average molecular weight is 415 g/mol. The molecule has 1 N–H and O–H groups in total. The quantitative estimate of drug-likeness (QED) is 0.665. The van der Waals surface area contributed by atoms with Crippen molar-refractivity contribution in [2.24, 2.45) is 0 Å². The third-order valence-electron chi connectivity index (χ3n) is 6.38. The molecule has 5 rings (SSSR count). The number of pyridine rings is 1. The highest BCUT2D eigenvalue weighted by molar-refractivity contribution is 6.16. The predicted octanol–water partition coefficient (Wildman–Crippen LogP) is 4.78. The summed E-state index contributed by atoms with van der Waals surface area (Å²) in [5, 5.41) is 3.76. The number of hydrogen-bond donors (Lipinski definition) is 1. The van der Waals surface area contributed by atoms with Crippen molar-refractivity contribution in [2.75, 3.05) is 12.4 Å². The van der Waals surface area contributed by atoms with E-state index in [2.05, 4.69) is 10.3 Å². The molecule has 2 heterocycles. The number of hydrogen-bond acceptors (Lipinski definition) is 4. The summed E-state index contributed by atoms with van der Waals surface area (Å²) >= 11 is 0. The van der Waals surface area contributed by atoms with Crippen LogP contribution in [-0.4, -0.2) is 34.8 Å². The van der Waals surface area contributed by atoms with Gasteiger partial charge in [0, 0.05) is 29.2 Å². The molecule has 1 aliphatic heterocycles. The Bertz CT molecular complexity index is 1150. The van der Waals surface area contributed by atoms with Crippen LogP contribution in [0.4, 0.5) is 5.69 Å². The zero-order valence-corrected chi connectivity index (χ0v) is 17.6. The number of fused-ring (bicyclic) bond motifs is 2. The number of amides is 2. The molecule has 0 spiro atoms. The molecule has 0 saturated heterocycles. The van der Waals surface area contributed by atoms with E-state index in [-0.39, 0.29) is 17.9 Å². The summed E-state index contributed by atoms with van der Waals surface area (Å²) in [7, 11) is 1.61. The van der Waals surface area contributed by atoms with Crippen molar-refractivity contribution in [2.45, 2.75) is 44.7 Å². The number of aromatic nitrogens is 1. The summed E-state index contributed by atoms with van der Waals surface area (Å²) in [4.78, 5) is 33.3. The van der Waals surface area contributed by atoms with Gasteiger partial charge < -0.3 is 15.0 Å². The number of ether oxygens (including phenoxy) is 1. The largest absolute Gasteiger partial charge is 0.497 e. The third-order valence-corrected chi connectivity index (χ3v) is 6.38. The molecule has 1 aliphatic carbocycles. The molecule has 2 aliphatic rings. The van der Waals surface area contributed by atoms with Gasteiger partial charge in [-0.15, -0.1) is 0 Å². The first-order valence-corrected chi connectivity index (χ1v) is 10.8. The van der Waals surface area contributed by atoms with Gasteiger partial charge in [-0.1, -0.05) is 37.5 Å². The number of rotatable bonds is 4. The zero-order valence-electron chi connectivity index (χ0n) is 17.6. The average Bonchev–Trinajstić information content (AvgIpc) is 3.14. The first kappa shape index (κ1) is 19.5. The molecule has 2 aromatic carbocycles. The second-order valence-electron chi connectivity index (χ2n) is 8.24. The highest BCUT2D eigenvalue weighted by atomic mass is 16.5. The standard InChI is InChI=1S/C25H25N3O3/c1-31-18-13-11-16(12-14-18)26-24(29)22-19-9-5-6-10-21(19)27-23-20(22)15-28(25(23)30)17-7-3-2-4-8-17/h5-6,9-14,17H,2-4,7-8,15H2,1H3,(H,26,29). The fraction of sp³-hybridized carbons (Fsp3) is 0.320. The fourth-order valence-electron chi connectivity index (χ4n) is 4.78. The van der Waals surface area contributed by atoms with Gasteiger partial charge in [0.1, 0.15) is 11.4 Å². The van der Waals surface area contributed by atoms with E-state index in [0.29, 0.717) is 29.0 Å². The van der Waals surface area contributed by atoms with E-state index in [1.807, 2.05) is 29.2 Å². The third kappa shape index (κ3) is 3.52. The Balaban J connectivity index is 1.54. The van der Waals surface area contributed by atoms with Crippen LogP contribution in [0.25, 0.3) is 10.9 Å². The summed E-state index contributed by atoms with van der Waals surface area (Å²) < 4.78 is 5.19.